The van der Waals surface area contributed by atoms with Crippen molar-refractivity contribution < 1.29 is 4.79 Å². The molecule has 0 spiro atoms. The summed E-state index contributed by atoms with van der Waals surface area (Å²) < 4.78 is 1.78. The van der Waals surface area contributed by atoms with Crippen LogP contribution in [0.25, 0.3) is 5.82 Å². The van der Waals surface area contributed by atoms with Crippen LogP contribution in [0.3, 0.4) is 0 Å². The minimum Gasteiger partial charge on any atom is -0.371 e. The lowest BCUT2D eigenvalue weighted by atomic mass is 10.1. The molecule has 3 heterocycles. The highest BCUT2D eigenvalue weighted by Gasteiger charge is 2.23. The van der Waals surface area contributed by atoms with Gasteiger partial charge in [-0.05, 0) is 36.6 Å². The Kier molecular flexibility index (Phi) is 4.64. The summed E-state index contributed by atoms with van der Waals surface area (Å²) >= 11 is 0. The second kappa shape index (κ2) is 7.39. The normalized spacial score (nSPS) is 16.6. The number of imidazole rings is 1. The van der Waals surface area contributed by atoms with Crippen molar-refractivity contribution in [2.24, 2.45) is 5.92 Å². The third-order valence-corrected chi connectivity index (χ3v) is 4.74. The maximum atomic E-state index is 12.5. The zero-order chi connectivity index (χ0) is 17.8. The summed E-state index contributed by atoms with van der Waals surface area (Å²) in [4.78, 5) is 23.2. The predicted octanol–water partition coefficient (Wildman–Crippen LogP) is 2.52. The second-order valence-corrected chi connectivity index (χ2v) is 6.52. The molecule has 1 amide bonds. The molecule has 1 aliphatic heterocycles. The minimum absolute atomic E-state index is 0.0630. The zero-order valence-corrected chi connectivity index (χ0v) is 14.5. The van der Waals surface area contributed by atoms with Crippen molar-refractivity contribution >= 4 is 11.6 Å². The number of carbonyl (C=O) groups is 1. The lowest BCUT2D eigenvalue weighted by molar-refractivity contribution is 0.0948. The first-order chi connectivity index (χ1) is 12.8. The molecule has 0 bridgehead atoms. The smallest absolute Gasteiger partial charge is 0.251 e. The van der Waals surface area contributed by atoms with E-state index in [1.54, 1.807) is 41.6 Å². The van der Waals surface area contributed by atoms with Crippen LogP contribution in [-0.4, -0.2) is 40.1 Å². The number of anilines is 1. The number of nitrogens with zero attached hydrogens (tertiary/aromatic N) is 4. The fraction of sp³-hybridized carbons (Fsp3) is 0.250. The standard InChI is InChI=1S/C20H21N5O/c26-20(17-6-8-22-19(12-17)25-11-9-21-15-25)23-13-16-7-10-24(14-16)18-4-2-1-3-5-18/h1-6,8-9,11-12,15-16H,7,10,13-14H2,(H,23,26). The second-order valence-electron chi connectivity index (χ2n) is 6.52. The molecule has 4 rings (SSSR count). The Morgan fingerprint density at radius 2 is 2.08 bits per heavy atom. The summed E-state index contributed by atoms with van der Waals surface area (Å²) in [6.07, 6.45) is 7.90. The molecule has 0 saturated carbocycles. The molecule has 3 aromatic rings. The van der Waals surface area contributed by atoms with Gasteiger partial charge in [-0.2, -0.15) is 0 Å². The van der Waals surface area contributed by atoms with Gasteiger partial charge in [-0.25, -0.2) is 9.97 Å². The van der Waals surface area contributed by atoms with E-state index in [1.165, 1.54) is 5.69 Å². The molecule has 0 aliphatic carbocycles. The van der Waals surface area contributed by atoms with Crippen LogP contribution in [0.1, 0.15) is 16.8 Å². The first-order valence-electron chi connectivity index (χ1n) is 8.82. The molecule has 1 aliphatic rings. The Morgan fingerprint density at radius 3 is 2.88 bits per heavy atom. The minimum atomic E-state index is -0.0630. The lowest BCUT2D eigenvalue weighted by Gasteiger charge is -2.18. The quantitative estimate of drug-likeness (QED) is 0.770. The number of amides is 1. The summed E-state index contributed by atoms with van der Waals surface area (Å²) in [7, 11) is 0. The van der Waals surface area contributed by atoms with Gasteiger partial charge in [-0.3, -0.25) is 9.36 Å². The third kappa shape index (κ3) is 3.59. The highest BCUT2D eigenvalue weighted by molar-refractivity contribution is 5.94. The lowest BCUT2D eigenvalue weighted by Crippen LogP contribution is -2.31. The molecule has 6 nitrogen and oxygen atoms in total. The number of hydrogen-bond donors (Lipinski definition) is 1. The van der Waals surface area contributed by atoms with E-state index in [0.717, 1.165) is 19.5 Å². The van der Waals surface area contributed by atoms with Crippen LogP contribution >= 0.6 is 0 Å². The fourth-order valence-electron chi connectivity index (χ4n) is 3.31. The monoisotopic (exact) mass is 347 g/mol. The molecule has 26 heavy (non-hydrogen) atoms. The van der Waals surface area contributed by atoms with E-state index in [4.69, 9.17) is 0 Å². The highest BCUT2D eigenvalue weighted by atomic mass is 16.1. The summed E-state index contributed by atoms with van der Waals surface area (Å²) in [5.74, 6) is 1.09. The average Bonchev–Trinajstić information content (AvgIpc) is 3.39. The van der Waals surface area contributed by atoms with Gasteiger partial charge in [0.15, 0.2) is 0 Å². The van der Waals surface area contributed by atoms with E-state index in [0.29, 0.717) is 23.8 Å². The zero-order valence-electron chi connectivity index (χ0n) is 14.5. The van der Waals surface area contributed by atoms with Gasteiger partial charge in [-0.15, -0.1) is 0 Å². The summed E-state index contributed by atoms with van der Waals surface area (Å²) in [5.41, 5.74) is 1.86. The van der Waals surface area contributed by atoms with Gasteiger partial charge in [0, 0.05) is 49.5 Å². The first-order valence-corrected chi connectivity index (χ1v) is 8.82. The Bertz CT molecular complexity index is 863. The first kappa shape index (κ1) is 16.3. The number of para-hydroxylation sites is 1. The largest absolute Gasteiger partial charge is 0.371 e. The molecule has 132 valence electrons. The van der Waals surface area contributed by atoms with Gasteiger partial charge in [0.2, 0.25) is 0 Å². The number of nitrogens with one attached hydrogen (secondary N) is 1. The van der Waals surface area contributed by atoms with Gasteiger partial charge in [0.1, 0.15) is 12.1 Å². The van der Waals surface area contributed by atoms with Crippen molar-refractivity contribution in [2.75, 3.05) is 24.5 Å². The molecule has 1 unspecified atom stereocenters. The van der Waals surface area contributed by atoms with E-state index in [9.17, 15) is 4.79 Å². The Labute approximate surface area is 152 Å². The fourth-order valence-corrected chi connectivity index (χ4v) is 3.31. The highest BCUT2D eigenvalue weighted by Crippen LogP contribution is 2.23. The predicted molar refractivity (Wildman–Crippen MR) is 100 cm³/mol. The van der Waals surface area contributed by atoms with Crippen LogP contribution in [0.15, 0.2) is 67.4 Å². The molecular formula is C20H21N5O. The number of rotatable bonds is 5. The molecule has 1 fully saturated rings. The number of hydrogen-bond acceptors (Lipinski definition) is 4. The van der Waals surface area contributed by atoms with Gasteiger partial charge in [0.05, 0.1) is 0 Å². The van der Waals surface area contributed by atoms with Gasteiger partial charge >= 0.3 is 0 Å². The van der Waals surface area contributed by atoms with E-state index < -0.39 is 0 Å². The van der Waals surface area contributed by atoms with E-state index >= 15 is 0 Å². The third-order valence-electron chi connectivity index (χ3n) is 4.74. The maximum absolute atomic E-state index is 12.5. The molecular weight excluding hydrogens is 326 g/mol. The van der Waals surface area contributed by atoms with Crippen molar-refractivity contribution in [3.63, 3.8) is 0 Å². The van der Waals surface area contributed by atoms with Crippen LogP contribution in [0, 0.1) is 5.92 Å². The van der Waals surface area contributed by atoms with Gasteiger partial charge < -0.3 is 10.2 Å². The summed E-state index contributed by atoms with van der Waals surface area (Å²) in [5, 5.41) is 3.07. The van der Waals surface area contributed by atoms with Crippen molar-refractivity contribution in [1.82, 2.24) is 19.9 Å². The summed E-state index contributed by atoms with van der Waals surface area (Å²) in [6, 6.07) is 13.9. The molecule has 1 saturated heterocycles. The van der Waals surface area contributed by atoms with Crippen LogP contribution in [0.5, 0.6) is 0 Å². The van der Waals surface area contributed by atoms with Crippen LogP contribution in [0.4, 0.5) is 5.69 Å². The Balaban J connectivity index is 1.34. The molecule has 2 aromatic heterocycles. The topological polar surface area (TPSA) is 63.1 Å². The number of pyridine rings is 1. The molecule has 1 atom stereocenters. The van der Waals surface area contributed by atoms with Crippen molar-refractivity contribution in [1.29, 1.82) is 0 Å². The van der Waals surface area contributed by atoms with Crippen LogP contribution in [-0.2, 0) is 0 Å². The Morgan fingerprint density at radius 1 is 1.19 bits per heavy atom. The van der Waals surface area contributed by atoms with Crippen LogP contribution < -0.4 is 10.2 Å². The molecule has 0 radical (unpaired) electrons. The SMILES string of the molecule is O=C(NCC1CCN(c2ccccc2)C1)c1ccnc(-n2ccnc2)c1. The van der Waals surface area contributed by atoms with E-state index in [1.807, 2.05) is 6.07 Å². The van der Waals surface area contributed by atoms with E-state index in [-0.39, 0.29) is 5.91 Å². The van der Waals surface area contributed by atoms with Crippen molar-refractivity contribution in [3.05, 3.63) is 72.9 Å². The van der Waals surface area contributed by atoms with Crippen molar-refractivity contribution in [3.8, 4) is 5.82 Å². The molecule has 6 heteroatoms. The average molecular weight is 347 g/mol. The van der Waals surface area contributed by atoms with Gasteiger partial charge in [-0.1, -0.05) is 18.2 Å². The van der Waals surface area contributed by atoms with Crippen molar-refractivity contribution in [2.45, 2.75) is 6.42 Å². The Hall–Kier alpha value is -3.15. The maximum Gasteiger partial charge on any atom is 0.251 e. The molecule has 1 N–H and O–H groups in total. The summed E-state index contributed by atoms with van der Waals surface area (Å²) in [6.45, 7) is 2.69. The number of aromatic nitrogens is 3. The molecule has 1 aromatic carbocycles. The number of carbonyl (C=O) groups excluding carboxylic acids is 1. The van der Waals surface area contributed by atoms with E-state index in [2.05, 4.69) is 44.5 Å². The number of benzene rings is 1. The van der Waals surface area contributed by atoms with Crippen LogP contribution in [0.2, 0.25) is 0 Å². The van der Waals surface area contributed by atoms with Gasteiger partial charge in [0.25, 0.3) is 5.91 Å².